The van der Waals surface area contributed by atoms with E-state index in [0.717, 1.165) is 0 Å². The van der Waals surface area contributed by atoms with E-state index in [4.69, 9.17) is 28.9 Å². The molecule has 14 heteroatoms. The summed E-state index contributed by atoms with van der Waals surface area (Å²) < 4.78 is 0. The molecule has 0 aliphatic rings. The third-order valence-corrected chi connectivity index (χ3v) is 5.48. The van der Waals surface area contributed by atoms with E-state index in [9.17, 15) is 14.9 Å². The highest BCUT2D eigenvalue weighted by atomic mass is 35.5. The van der Waals surface area contributed by atoms with Crippen molar-refractivity contribution in [3.8, 4) is 22.6 Å². The van der Waals surface area contributed by atoms with Crippen molar-refractivity contribution in [1.29, 1.82) is 0 Å². The fourth-order valence-corrected chi connectivity index (χ4v) is 3.86. The monoisotopic (exact) mass is 527 g/mol. The average Bonchev–Trinajstić information content (AvgIpc) is 3.36. The van der Waals surface area contributed by atoms with Gasteiger partial charge in [-0.2, -0.15) is 0 Å². The number of amides is 1. The first-order valence-electron chi connectivity index (χ1n) is 10.5. The molecule has 1 aromatic carbocycles. The number of nitro groups is 1. The SMILES string of the molecule is NC(=O)Cc1nc(NCCNc2ncc(-c3ncc[nH]3)c(-c3ccc(Cl)cc3Cl)n2)ccc1[N+](=O)[O-]. The van der Waals surface area contributed by atoms with Gasteiger partial charge in [-0.3, -0.25) is 14.9 Å². The van der Waals surface area contributed by atoms with Crippen molar-refractivity contribution in [2.75, 3.05) is 23.7 Å². The van der Waals surface area contributed by atoms with Crippen LogP contribution in [0.1, 0.15) is 5.69 Å². The number of halogens is 2. The van der Waals surface area contributed by atoms with Crippen LogP contribution in [0.3, 0.4) is 0 Å². The van der Waals surface area contributed by atoms with Crippen LogP contribution in [0, 0.1) is 10.1 Å². The molecule has 0 radical (unpaired) electrons. The van der Waals surface area contributed by atoms with Crippen molar-refractivity contribution < 1.29 is 9.72 Å². The maximum absolute atomic E-state index is 11.2. The molecule has 0 saturated carbocycles. The molecule has 5 N–H and O–H groups in total. The molecular weight excluding hydrogens is 509 g/mol. The zero-order valence-corrected chi connectivity index (χ0v) is 20.0. The number of hydrogen-bond acceptors (Lipinski definition) is 9. The Hall–Kier alpha value is -4.29. The van der Waals surface area contributed by atoms with E-state index in [2.05, 4.69) is 35.6 Å². The number of nitrogens with zero attached hydrogens (tertiary/aromatic N) is 5. The van der Waals surface area contributed by atoms with Crippen LogP contribution in [0.5, 0.6) is 0 Å². The van der Waals surface area contributed by atoms with Crippen LogP contribution in [0.4, 0.5) is 17.5 Å². The van der Waals surface area contributed by atoms with Crippen molar-refractivity contribution in [3.63, 3.8) is 0 Å². The number of rotatable bonds is 10. The maximum atomic E-state index is 11.2. The lowest BCUT2D eigenvalue weighted by molar-refractivity contribution is -0.385. The van der Waals surface area contributed by atoms with Crippen LogP contribution in [0.2, 0.25) is 10.0 Å². The van der Waals surface area contributed by atoms with Gasteiger partial charge in [0.2, 0.25) is 11.9 Å². The molecule has 0 bridgehead atoms. The fourth-order valence-electron chi connectivity index (χ4n) is 3.36. The second kappa shape index (κ2) is 11.0. The summed E-state index contributed by atoms with van der Waals surface area (Å²) in [5, 5.41) is 18.2. The lowest BCUT2D eigenvalue weighted by Crippen LogP contribution is -2.18. The molecule has 12 nitrogen and oxygen atoms in total. The van der Waals surface area contributed by atoms with Crippen LogP contribution >= 0.6 is 23.2 Å². The number of imidazole rings is 1. The number of aromatic amines is 1. The fraction of sp³-hybridized carbons (Fsp3) is 0.136. The first-order valence-corrected chi connectivity index (χ1v) is 11.3. The van der Waals surface area contributed by atoms with E-state index < -0.39 is 10.8 Å². The molecule has 3 aromatic heterocycles. The minimum absolute atomic E-state index is 0.00760. The Balaban J connectivity index is 1.49. The molecule has 0 spiro atoms. The lowest BCUT2D eigenvalue weighted by Gasteiger charge is -2.12. The highest BCUT2D eigenvalue weighted by Gasteiger charge is 2.18. The molecule has 4 aromatic rings. The van der Waals surface area contributed by atoms with Gasteiger partial charge in [-0.15, -0.1) is 0 Å². The topological polar surface area (TPSA) is 178 Å². The number of H-pyrrole nitrogens is 1. The number of anilines is 2. The van der Waals surface area contributed by atoms with Crippen LogP contribution in [-0.2, 0) is 11.2 Å². The van der Waals surface area contributed by atoms with Crippen LogP contribution in [-0.4, -0.2) is 48.8 Å². The average molecular weight is 528 g/mol. The summed E-state index contributed by atoms with van der Waals surface area (Å²) in [6, 6.07) is 7.86. The van der Waals surface area contributed by atoms with E-state index >= 15 is 0 Å². The zero-order valence-electron chi connectivity index (χ0n) is 18.5. The van der Waals surface area contributed by atoms with Gasteiger partial charge in [-0.1, -0.05) is 23.2 Å². The van der Waals surface area contributed by atoms with E-state index in [1.807, 2.05) is 0 Å². The standard InChI is InChI=1S/C22H19Cl2N9O3/c23-12-1-2-13(15(24)9-12)20-14(21-27-6-7-28-21)11-30-22(32-20)29-8-5-26-19-4-3-17(33(35)36)16(31-19)10-18(25)34/h1-4,6-7,9,11H,5,8,10H2,(H2,25,34)(H,26,31)(H,27,28)(H,29,30,32). The van der Waals surface area contributed by atoms with Gasteiger partial charge in [0.25, 0.3) is 5.69 Å². The van der Waals surface area contributed by atoms with Crippen molar-refractivity contribution in [2.45, 2.75) is 6.42 Å². The predicted octanol–water partition coefficient (Wildman–Crippen LogP) is 3.70. The van der Waals surface area contributed by atoms with Crippen LogP contribution < -0.4 is 16.4 Å². The number of aromatic nitrogens is 5. The third kappa shape index (κ3) is 5.85. The Morgan fingerprint density at radius 1 is 1.08 bits per heavy atom. The molecule has 1 amide bonds. The zero-order chi connectivity index (χ0) is 25.7. The molecule has 0 atom stereocenters. The van der Waals surface area contributed by atoms with Crippen LogP contribution in [0.25, 0.3) is 22.6 Å². The molecule has 0 saturated heterocycles. The molecular formula is C22H19Cl2N9O3. The second-order valence-corrected chi connectivity index (χ2v) is 8.28. The summed E-state index contributed by atoms with van der Waals surface area (Å²) >= 11 is 12.5. The summed E-state index contributed by atoms with van der Waals surface area (Å²) in [7, 11) is 0. The van der Waals surface area contributed by atoms with Gasteiger partial charge in [0, 0.05) is 48.3 Å². The number of primary amides is 1. The summed E-state index contributed by atoms with van der Waals surface area (Å²) in [5.41, 5.74) is 6.78. The minimum atomic E-state index is -0.712. The Bertz CT molecular complexity index is 1410. The number of carbonyl (C=O) groups excluding carboxylic acids is 1. The molecule has 0 fully saturated rings. The predicted molar refractivity (Wildman–Crippen MR) is 136 cm³/mol. The van der Waals surface area contributed by atoms with Crippen LogP contribution in [0.15, 0.2) is 48.9 Å². The molecule has 3 heterocycles. The number of nitrogens with one attached hydrogen (secondary N) is 3. The van der Waals surface area contributed by atoms with Crippen molar-refractivity contribution in [3.05, 3.63) is 74.8 Å². The molecule has 36 heavy (non-hydrogen) atoms. The smallest absolute Gasteiger partial charge is 0.291 e. The van der Waals surface area contributed by atoms with Gasteiger partial charge < -0.3 is 21.4 Å². The summed E-state index contributed by atoms with van der Waals surface area (Å²) in [4.78, 5) is 42.2. The van der Waals surface area contributed by atoms with E-state index in [1.165, 1.54) is 12.1 Å². The van der Waals surface area contributed by atoms with Crippen molar-refractivity contribution >= 4 is 46.6 Å². The molecule has 0 aliphatic carbocycles. The Morgan fingerprint density at radius 3 is 2.58 bits per heavy atom. The van der Waals surface area contributed by atoms with Gasteiger partial charge in [0.05, 0.1) is 27.6 Å². The summed E-state index contributed by atoms with van der Waals surface area (Å²) in [5.74, 6) is 0.581. The van der Waals surface area contributed by atoms with Gasteiger partial charge in [-0.05, 0) is 24.3 Å². The van der Waals surface area contributed by atoms with Crippen molar-refractivity contribution in [1.82, 2.24) is 24.9 Å². The van der Waals surface area contributed by atoms with Gasteiger partial charge in [0.1, 0.15) is 17.3 Å². The molecule has 184 valence electrons. The first-order chi connectivity index (χ1) is 17.3. The van der Waals surface area contributed by atoms with Gasteiger partial charge in [0.15, 0.2) is 0 Å². The van der Waals surface area contributed by atoms with Gasteiger partial charge in [-0.25, -0.2) is 19.9 Å². The minimum Gasteiger partial charge on any atom is -0.369 e. The summed E-state index contributed by atoms with van der Waals surface area (Å²) in [6.45, 7) is 0.763. The maximum Gasteiger partial charge on any atom is 0.291 e. The number of pyridine rings is 1. The quantitative estimate of drug-likeness (QED) is 0.136. The Labute approximate surface area is 214 Å². The largest absolute Gasteiger partial charge is 0.369 e. The highest BCUT2D eigenvalue weighted by molar-refractivity contribution is 6.36. The van der Waals surface area contributed by atoms with E-state index in [-0.39, 0.29) is 17.8 Å². The third-order valence-electron chi connectivity index (χ3n) is 4.93. The molecule has 0 aliphatic heterocycles. The lowest BCUT2D eigenvalue weighted by atomic mass is 10.1. The molecule has 0 unspecified atom stereocenters. The van der Waals surface area contributed by atoms with E-state index in [1.54, 1.807) is 36.8 Å². The second-order valence-electron chi connectivity index (χ2n) is 7.43. The Kier molecular flexibility index (Phi) is 7.56. The highest BCUT2D eigenvalue weighted by Crippen LogP contribution is 2.35. The number of carbonyl (C=O) groups is 1. The number of nitrogens with two attached hydrogens (primary N) is 1. The number of benzene rings is 1. The normalized spacial score (nSPS) is 10.7. The Morgan fingerprint density at radius 2 is 1.89 bits per heavy atom. The van der Waals surface area contributed by atoms with E-state index in [0.29, 0.717) is 57.5 Å². The molecule has 4 rings (SSSR count). The number of hydrogen-bond donors (Lipinski definition) is 4. The van der Waals surface area contributed by atoms with Gasteiger partial charge >= 0.3 is 0 Å². The van der Waals surface area contributed by atoms with Crippen molar-refractivity contribution in [2.24, 2.45) is 5.73 Å². The first kappa shape index (κ1) is 24.8. The summed E-state index contributed by atoms with van der Waals surface area (Å²) in [6.07, 6.45) is 4.62.